The molecule has 0 spiro atoms. The average Bonchev–Trinajstić information content (AvgIpc) is 3.46. The van der Waals surface area contributed by atoms with E-state index < -0.39 is 6.61 Å². The monoisotopic (exact) mass is 580 g/mol. The van der Waals surface area contributed by atoms with E-state index in [0.717, 1.165) is 40.6 Å². The third-order valence-corrected chi connectivity index (χ3v) is 5.87. The Hall–Kier alpha value is -4.26. The van der Waals surface area contributed by atoms with Crippen molar-refractivity contribution in [3.63, 3.8) is 0 Å². The first-order chi connectivity index (χ1) is 20.0. The molecule has 1 heterocycles. The van der Waals surface area contributed by atoms with Crippen LogP contribution in [0.2, 0.25) is 0 Å². The molecule has 0 aliphatic heterocycles. The number of methoxy groups -OCH3 is 1. The highest BCUT2D eigenvalue weighted by Gasteiger charge is 2.14. The summed E-state index contributed by atoms with van der Waals surface area (Å²) in [4.78, 5) is 14.3. The number of carbonyl (C=O) groups is 1. The van der Waals surface area contributed by atoms with Gasteiger partial charge in [-0.2, -0.15) is 5.26 Å². The van der Waals surface area contributed by atoms with Crippen LogP contribution in [0.5, 0.6) is 5.75 Å². The minimum Gasteiger partial charge on any atom is -0.494 e. The van der Waals surface area contributed by atoms with E-state index in [1.807, 2.05) is 62.4 Å². The smallest absolute Gasteiger partial charge is 0.245 e. The number of pyridine rings is 1. The van der Waals surface area contributed by atoms with Gasteiger partial charge in [0, 0.05) is 42.9 Å². The van der Waals surface area contributed by atoms with Crippen molar-refractivity contribution in [2.24, 2.45) is 0 Å². The standard InChI is InChI=1S/C26H24ClN3O3.C3H7NO2.C2H6/c1-31-25-15-22-23(11-12-24(25)32-14-4-13-27)29-17-18(16-28)26(22)30-19-7-9-21(10-8-19)33-20-5-2-3-6-20;1-4-3(6)2-5;1-2/h2-3,5,7-11,15,17,30H,4,6,12-14H2,1H3;5H,2H2,1H3,(H,4,6);1-2H3. The van der Waals surface area contributed by atoms with Gasteiger partial charge in [-0.3, -0.25) is 9.78 Å². The molecule has 0 fully saturated rings. The lowest BCUT2D eigenvalue weighted by Gasteiger charge is -2.12. The second kappa shape index (κ2) is 18.2. The van der Waals surface area contributed by atoms with Crippen LogP contribution in [0.1, 0.15) is 38.7 Å². The number of aromatic nitrogens is 1. The summed E-state index contributed by atoms with van der Waals surface area (Å²) >= 11 is 5.77. The molecular formula is C31H37ClN4O5. The molecule has 1 amide bonds. The van der Waals surface area contributed by atoms with Gasteiger partial charge < -0.3 is 30.0 Å². The molecule has 0 saturated carbocycles. The van der Waals surface area contributed by atoms with Gasteiger partial charge in [-0.25, -0.2) is 0 Å². The topological polar surface area (TPSA) is 126 Å². The zero-order valence-electron chi connectivity index (χ0n) is 23.9. The van der Waals surface area contributed by atoms with Gasteiger partial charge in [0.2, 0.25) is 5.91 Å². The summed E-state index contributed by atoms with van der Waals surface area (Å²) in [6, 6.07) is 9.86. The number of halogens is 1. The van der Waals surface area contributed by atoms with E-state index in [9.17, 15) is 10.1 Å². The van der Waals surface area contributed by atoms with Gasteiger partial charge in [-0.15, -0.1) is 11.6 Å². The molecule has 218 valence electrons. The fraction of sp³-hybridized carbons (Fsp3) is 0.323. The molecule has 41 heavy (non-hydrogen) atoms. The molecule has 0 bridgehead atoms. The normalized spacial score (nSPS) is 12.8. The first-order valence-electron chi connectivity index (χ1n) is 13.3. The number of amides is 1. The summed E-state index contributed by atoms with van der Waals surface area (Å²) in [7, 11) is 3.07. The van der Waals surface area contributed by atoms with E-state index in [2.05, 4.69) is 27.8 Å². The number of rotatable bonds is 10. The van der Waals surface area contributed by atoms with Crippen LogP contribution in [-0.2, 0) is 14.3 Å². The van der Waals surface area contributed by atoms with Crippen molar-refractivity contribution in [1.82, 2.24) is 10.3 Å². The first-order valence-corrected chi connectivity index (χ1v) is 13.8. The molecule has 10 heteroatoms. The second-order valence-corrected chi connectivity index (χ2v) is 8.62. The van der Waals surface area contributed by atoms with E-state index in [0.29, 0.717) is 41.7 Å². The van der Waals surface area contributed by atoms with Crippen LogP contribution in [-0.4, -0.2) is 49.2 Å². The van der Waals surface area contributed by atoms with Gasteiger partial charge in [0.1, 0.15) is 29.9 Å². The van der Waals surface area contributed by atoms with Crippen molar-refractivity contribution < 1.29 is 24.1 Å². The van der Waals surface area contributed by atoms with Gasteiger partial charge in [0.05, 0.1) is 30.3 Å². The predicted molar refractivity (Wildman–Crippen MR) is 162 cm³/mol. The number of fused-ring (bicyclic) bond motifs is 1. The zero-order valence-corrected chi connectivity index (χ0v) is 24.6. The van der Waals surface area contributed by atoms with Crippen LogP contribution in [0, 0.1) is 11.3 Å². The summed E-state index contributed by atoms with van der Waals surface area (Å²) in [6.07, 6.45) is 13.5. The number of nitriles is 1. The van der Waals surface area contributed by atoms with E-state index in [1.54, 1.807) is 13.3 Å². The predicted octanol–water partition coefficient (Wildman–Crippen LogP) is 4.14. The Morgan fingerprint density at radius 3 is 2.54 bits per heavy atom. The molecule has 3 N–H and O–H groups in total. The van der Waals surface area contributed by atoms with E-state index in [4.69, 9.17) is 30.9 Å². The Balaban J connectivity index is 0.000000654. The maximum Gasteiger partial charge on any atom is 0.245 e. The van der Waals surface area contributed by atoms with Gasteiger partial charge >= 0.3 is 0 Å². The fourth-order valence-electron chi connectivity index (χ4n) is 3.61. The quantitative estimate of drug-likeness (QED) is 0.283. The molecule has 0 unspecified atom stereocenters. The number of nitrogens with zero attached hydrogens (tertiary/aromatic N) is 2. The Labute approximate surface area is 246 Å². The van der Waals surface area contributed by atoms with E-state index in [1.165, 1.54) is 7.05 Å². The van der Waals surface area contributed by atoms with Gasteiger partial charge in [0.15, 0.2) is 5.76 Å². The number of allylic oxidation sites excluding steroid dienone is 5. The number of likely N-dealkylation sites (N-methyl/N-ethyl adjacent to an activating group) is 1. The Morgan fingerprint density at radius 2 is 1.98 bits per heavy atom. The van der Waals surface area contributed by atoms with Crippen LogP contribution in [0.3, 0.4) is 0 Å². The number of alkyl halides is 1. The van der Waals surface area contributed by atoms with E-state index >= 15 is 0 Å². The summed E-state index contributed by atoms with van der Waals surface area (Å²) in [5, 5.41) is 24.8. The van der Waals surface area contributed by atoms with Crippen molar-refractivity contribution in [1.29, 1.82) is 5.26 Å². The van der Waals surface area contributed by atoms with Crippen LogP contribution >= 0.6 is 11.6 Å². The number of hydrogen-bond acceptors (Lipinski definition) is 8. The van der Waals surface area contributed by atoms with Gasteiger partial charge in [-0.1, -0.05) is 32.1 Å². The number of benzene rings is 1. The lowest BCUT2D eigenvalue weighted by atomic mass is 10.1. The third kappa shape index (κ3) is 10.0. The highest BCUT2D eigenvalue weighted by atomic mass is 35.5. The van der Waals surface area contributed by atoms with Crippen LogP contribution in [0.15, 0.2) is 66.0 Å². The Bertz CT molecular complexity index is 1400. The number of aliphatic hydroxyl groups excluding tert-OH is 1. The van der Waals surface area contributed by atoms with Crippen molar-refractivity contribution in [3.8, 4) is 11.8 Å². The molecule has 0 saturated heterocycles. The van der Waals surface area contributed by atoms with Gasteiger partial charge in [0.25, 0.3) is 0 Å². The van der Waals surface area contributed by atoms with Crippen LogP contribution in [0.4, 0.5) is 11.4 Å². The highest BCUT2D eigenvalue weighted by molar-refractivity contribution is 6.17. The summed E-state index contributed by atoms with van der Waals surface area (Å²) in [5.41, 5.74) is 1.92. The largest absolute Gasteiger partial charge is 0.494 e. The summed E-state index contributed by atoms with van der Waals surface area (Å²) < 4.78 is 17.4. The molecule has 9 nitrogen and oxygen atoms in total. The number of ether oxygens (including phenoxy) is 3. The second-order valence-electron chi connectivity index (χ2n) is 8.24. The Kier molecular flexibility index (Phi) is 14.6. The maximum atomic E-state index is 9.82. The first kappa shape index (κ1) is 32.9. The Morgan fingerprint density at radius 1 is 1.22 bits per heavy atom. The van der Waals surface area contributed by atoms with Crippen molar-refractivity contribution in [2.75, 3.05) is 38.6 Å². The summed E-state index contributed by atoms with van der Waals surface area (Å²) in [5.74, 6) is 3.16. The fourth-order valence-corrected chi connectivity index (χ4v) is 3.72. The number of nitrogens with one attached hydrogen (secondary N) is 2. The van der Waals surface area contributed by atoms with Crippen molar-refractivity contribution in [2.45, 2.75) is 33.1 Å². The SMILES string of the molecule is CC.CNC(=O)CO.COC1=C(OCCCCl)CC=c2ncc(C#N)c(Nc3ccc(OC4=CC=CC4)cc3)c2=C1. The molecule has 0 radical (unpaired) electrons. The number of carbonyl (C=O) groups excluding carboxylic acids is 1. The van der Waals surface area contributed by atoms with Crippen molar-refractivity contribution in [3.05, 3.63) is 82.1 Å². The molecule has 1 aromatic heterocycles. The lowest BCUT2D eigenvalue weighted by Crippen LogP contribution is -2.31. The minimum atomic E-state index is -0.420. The highest BCUT2D eigenvalue weighted by Crippen LogP contribution is 2.24. The molecular weight excluding hydrogens is 544 g/mol. The van der Waals surface area contributed by atoms with E-state index in [-0.39, 0.29) is 5.91 Å². The maximum absolute atomic E-state index is 9.82. The van der Waals surface area contributed by atoms with Crippen LogP contribution in [0.25, 0.3) is 12.2 Å². The average molecular weight is 581 g/mol. The molecule has 2 aliphatic rings. The molecule has 1 aromatic carbocycles. The van der Waals surface area contributed by atoms with Gasteiger partial charge in [-0.05, 0) is 42.8 Å². The lowest BCUT2D eigenvalue weighted by molar-refractivity contribution is -0.123. The number of hydrogen-bond donors (Lipinski definition) is 3. The number of anilines is 2. The molecule has 2 aliphatic carbocycles. The zero-order chi connectivity index (χ0) is 30.0. The minimum absolute atomic E-state index is 0.352. The van der Waals surface area contributed by atoms with Crippen LogP contribution < -0.4 is 25.9 Å². The molecule has 0 atom stereocenters. The van der Waals surface area contributed by atoms with Crippen molar-refractivity contribution >= 4 is 41.0 Å². The molecule has 2 aromatic rings. The molecule has 4 rings (SSSR count). The number of aliphatic hydroxyl groups is 1. The summed E-state index contributed by atoms with van der Waals surface area (Å²) in [6.45, 7) is 4.09. The third-order valence-electron chi connectivity index (χ3n) is 5.61.